The van der Waals surface area contributed by atoms with Gasteiger partial charge in [0.25, 0.3) is 0 Å². The highest BCUT2D eigenvalue weighted by Gasteiger charge is 2.11. The maximum Gasteiger partial charge on any atom is 0.118 e. The SMILES string of the molecule is COc1ccc(-c2cnc(CN)c3cccc(Cl)c23)cc1. The molecule has 0 radical (unpaired) electrons. The Morgan fingerprint density at radius 1 is 1.14 bits per heavy atom. The quantitative estimate of drug-likeness (QED) is 0.794. The molecule has 0 aliphatic heterocycles. The maximum absolute atomic E-state index is 6.41. The minimum Gasteiger partial charge on any atom is -0.497 e. The molecule has 106 valence electrons. The number of hydrogen-bond acceptors (Lipinski definition) is 3. The number of methoxy groups -OCH3 is 1. The molecule has 3 aromatic rings. The van der Waals surface area contributed by atoms with Gasteiger partial charge in [-0.05, 0) is 23.8 Å². The van der Waals surface area contributed by atoms with Crippen LogP contribution in [-0.2, 0) is 6.54 Å². The largest absolute Gasteiger partial charge is 0.497 e. The number of rotatable bonds is 3. The van der Waals surface area contributed by atoms with Crippen LogP contribution >= 0.6 is 11.6 Å². The number of benzene rings is 2. The fourth-order valence-corrected chi connectivity index (χ4v) is 2.74. The highest BCUT2D eigenvalue weighted by molar-refractivity contribution is 6.36. The van der Waals surface area contributed by atoms with Crippen LogP contribution in [0.1, 0.15) is 5.69 Å². The number of aromatic nitrogens is 1. The van der Waals surface area contributed by atoms with Crippen LogP contribution in [0.2, 0.25) is 5.02 Å². The smallest absolute Gasteiger partial charge is 0.118 e. The van der Waals surface area contributed by atoms with Crippen molar-refractivity contribution in [3.8, 4) is 16.9 Å². The Balaban J connectivity index is 2.27. The number of halogens is 1. The molecule has 4 heteroatoms. The first-order valence-electron chi connectivity index (χ1n) is 6.65. The third-order valence-electron chi connectivity index (χ3n) is 3.54. The molecule has 1 heterocycles. The summed E-state index contributed by atoms with van der Waals surface area (Å²) in [6.07, 6.45) is 1.83. The standard InChI is InChI=1S/C17H15ClN2O/c1-21-12-7-5-11(6-8-12)14-10-20-16(9-19)13-3-2-4-15(18)17(13)14/h2-8,10H,9,19H2,1H3. The first-order valence-corrected chi connectivity index (χ1v) is 7.03. The monoisotopic (exact) mass is 298 g/mol. The van der Waals surface area contributed by atoms with Gasteiger partial charge >= 0.3 is 0 Å². The highest BCUT2D eigenvalue weighted by Crippen LogP contribution is 2.35. The van der Waals surface area contributed by atoms with Crippen LogP contribution in [0, 0.1) is 0 Å². The van der Waals surface area contributed by atoms with Crippen LogP contribution in [0.4, 0.5) is 0 Å². The van der Waals surface area contributed by atoms with Gasteiger partial charge in [0.15, 0.2) is 0 Å². The molecule has 0 amide bonds. The fraction of sp³-hybridized carbons (Fsp3) is 0.118. The molecular formula is C17H15ClN2O. The molecule has 0 saturated carbocycles. The Morgan fingerprint density at radius 3 is 2.57 bits per heavy atom. The maximum atomic E-state index is 6.41. The van der Waals surface area contributed by atoms with Crippen LogP contribution < -0.4 is 10.5 Å². The lowest BCUT2D eigenvalue weighted by atomic mass is 9.99. The van der Waals surface area contributed by atoms with Crippen LogP contribution in [0.5, 0.6) is 5.75 Å². The number of nitrogens with two attached hydrogens (primary N) is 1. The Labute approximate surface area is 128 Å². The molecule has 0 saturated heterocycles. The van der Waals surface area contributed by atoms with Crippen molar-refractivity contribution in [3.05, 3.63) is 59.4 Å². The van der Waals surface area contributed by atoms with Crippen LogP contribution in [-0.4, -0.2) is 12.1 Å². The minimum atomic E-state index is 0.389. The third-order valence-corrected chi connectivity index (χ3v) is 3.85. The zero-order valence-corrected chi connectivity index (χ0v) is 12.4. The predicted octanol–water partition coefficient (Wildman–Crippen LogP) is 4.02. The van der Waals surface area contributed by atoms with E-state index in [9.17, 15) is 0 Å². The normalized spacial score (nSPS) is 10.8. The summed E-state index contributed by atoms with van der Waals surface area (Å²) in [5, 5.41) is 2.69. The second-order valence-corrected chi connectivity index (χ2v) is 5.12. The van der Waals surface area contributed by atoms with E-state index in [-0.39, 0.29) is 0 Å². The lowest BCUT2D eigenvalue weighted by molar-refractivity contribution is 0.415. The molecule has 3 rings (SSSR count). The van der Waals surface area contributed by atoms with Crippen molar-refractivity contribution in [2.24, 2.45) is 5.73 Å². The van der Waals surface area contributed by atoms with Crippen LogP contribution in [0.15, 0.2) is 48.7 Å². The van der Waals surface area contributed by atoms with Gasteiger partial charge in [0.1, 0.15) is 5.75 Å². The van der Waals surface area contributed by atoms with Crippen molar-refractivity contribution in [2.75, 3.05) is 7.11 Å². The van der Waals surface area contributed by atoms with Crippen molar-refractivity contribution in [1.29, 1.82) is 0 Å². The first-order chi connectivity index (χ1) is 10.2. The fourth-order valence-electron chi connectivity index (χ4n) is 2.47. The van der Waals surface area contributed by atoms with E-state index < -0.39 is 0 Å². The molecule has 0 unspecified atom stereocenters. The Morgan fingerprint density at radius 2 is 1.90 bits per heavy atom. The van der Waals surface area contributed by atoms with E-state index in [4.69, 9.17) is 22.1 Å². The van der Waals surface area contributed by atoms with Crippen LogP contribution in [0.25, 0.3) is 21.9 Å². The molecule has 0 bridgehead atoms. The summed E-state index contributed by atoms with van der Waals surface area (Å²) in [6.45, 7) is 0.389. The van der Waals surface area contributed by atoms with Gasteiger partial charge in [-0.3, -0.25) is 4.98 Å². The first kappa shape index (κ1) is 13.9. The number of hydrogen-bond donors (Lipinski definition) is 1. The van der Waals surface area contributed by atoms with E-state index in [1.807, 2.05) is 48.7 Å². The summed E-state index contributed by atoms with van der Waals surface area (Å²) in [5.74, 6) is 0.820. The average molecular weight is 299 g/mol. The van der Waals surface area contributed by atoms with E-state index in [0.29, 0.717) is 11.6 Å². The second-order valence-electron chi connectivity index (χ2n) is 4.71. The lowest BCUT2D eigenvalue weighted by Gasteiger charge is -2.11. The molecule has 1 aromatic heterocycles. The number of ether oxygens (including phenoxy) is 1. The highest BCUT2D eigenvalue weighted by atomic mass is 35.5. The summed E-state index contributed by atoms with van der Waals surface area (Å²) in [4.78, 5) is 4.47. The molecule has 0 fully saturated rings. The molecule has 21 heavy (non-hydrogen) atoms. The minimum absolute atomic E-state index is 0.389. The van der Waals surface area contributed by atoms with Gasteiger partial charge in [0.2, 0.25) is 0 Å². The van der Waals surface area contributed by atoms with Gasteiger partial charge < -0.3 is 10.5 Å². The predicted molar refractivity (Wildman–Crippen MR) is 86.6 cm³/mol. The molecule has 3 nitrogen and oxygen atoms in total. The van der Waals surface area contributed by atoms with Crippen molar-refractivity contribution < 1.29 is 4.74 Å². The number of pyridine rings is 1. The number of fused-ring (bicyclic) bond motifs is 1. The molecule has 0 aliphatic carbocycles. The lowest BCUT2D eigenvalue weighted by Crippen LogP contribution is -2.01. The third kappa shape index (κ3) is 2.46. The summed E-state index contributed by atoms with van der Waals surface area (Å²) >= 11 is 6.41. The van der Waals surface area contributed by atoms with Gasteiger partial charge in [-0.2, -0.15) is 0 Å². The van der Waals surface area contributed by atoms with Gasteiger partial charge in [-0.25, -0.2) is 0 Å². The van der Waals surface area contributed by atoms with E-state index in [2.05, 4.69) is 4.98 Å². The van der Waals surface area contributed by atoms with Crippen molar-refractivity contribution in [3.63, 3.8) is 0 Å². The zero-order valence-electron chi connectivity index (χ0n) is 11.6. The van der Waals surface area contributed by atoms with Crippen LogP contribution in [0.3, 0.4) is 0 Å². The van der Waals surface area contributed by atoms with Crippen molar-refractivity contribution in [1.82, 2.24) is 4.98 Å². The zero-order chi connectivity index (χ0) is 14.8. The Kier molecular flexibility index (Phi) is 3.78. The molecule has 0 atom stereocenters. The average Bonchev–Trinajstić information content (AvgIpc) is 2.54. The van der Waals surface area contributed by atoms with E-state index in [0.717, 1.165) is 33.3 Å². The summed E-state index contributed by atoms with van der Waals surface area (Å²) < 4.78 is 5.19. The Hall–Kier alpha value is -2.10. The topological polar surface area (TPSA) is 48.1 Å². The summed E-state index contributed by atoms with van der Waals surface area (Å²) in [7, 11) is 1.65. The molecular weight excluding hydrogens is 284 g/mol. The van der Waals surface area contributed by atoms with E-state index >= 15 is 0 Å². The van der Waals surface area contributed by atoms with E-state index in [1.165, 1.54) is 0 Å². The van der Waals surface area contributed by atoms with E-state index in [1.54, 1.807) is 7.11 Å². The van der Waals surface area contributed by atoms with Crippen molar-refractivity contribution >= 4 is 22.4 Å². The van der Waals surface area contributed by atoms with Gasteiger partial charge in [-0.1, -0.05) is 35.9 Å². The molecule has 2 N–H and O–H groups in total. The number of nitrogens with zero attached hydrogens (tertiary/aromatic N) is 1. The van der Waals surface area contributed by atoms with Gasteiger partial charge in [0.05, 0.1) is 12.8 Å². The molecule has 2 aromatic carbocycles. The summed E-state index contributed by atoms with van der Waals surface area (Å²) in [5.41, 5.74) is 8.66. The summed E-state index contributed by atoms with van der Waals surface area (Å²) in [6, 6.07) is 13.7. The second kappa shape index (κ2) is 5.72. The Bertz CT molecular complexity index is 785. The van der Waals surface area contributed by atoms with Gasteiger partial charge in [0, 0.05) is 34.1 Å². The molecule has 0 aliphatic rings. The van der Waals surface area contributed by atoms with Crippen molar-refractivity contribution in [2.45, 2.75) is 6.54 Å². The van der Waals surface area contributed by atoms with Gasteiger partial charge in [-0.15, -0.1) is 0 Å². The molecule has 0 spiro atoms.